The average molecular weight is 175 g/mol. The molecule has 0 radical (unpaired) electrons. The maximum absolute atomic E-state index is 11.9. The van der Waals surface area contributed by atoms with Crippen LogP contribution in [0.15, 0.2) is 0 Å². The van der Waals surface area contributed by atoms with Crippen molar-refractivity contribution in [2.75, 3.05) is 5.88 Å². The minimum atomic E-state index is -1.38. The summed E-state index contributed by atoms with van der Waals surface area (Å²) in [6, 6.07) is 0. The van der Waals surface area contributed by atoms with Gasteiger partial charge in [-0.15, -0.1) is 11.6 Å². The first kappa shape index (κ1) is 6.70. The largest absolute Gasteiger partial charge is 0.230 e. The Morgan fingerprint density at radius 1 is 2.00 bits per heavy atom. The van der Waals surface area contributed by atoms with Gasteiger partial charge in [0.1, 0.15) is 0 Å². The summed E-state index contributed by atoms with van der Waals surface area (Å²) < 4.78 is 10.5. The van der Waals surface area contributed by atoms with Gasteiger partial charge < -0.3 is 0 Å². The van der Waals surface area contributed by atoms with Crippen LogP contribution in [-0.2, 0) is 0 Å². The molecule has 1 unspecified atom stereocenters. The van der Waals surface area contributed by atoms with Crippen LogP contribution in [0.2, 0.25) is 0 Å². The highest BCUT2D eigenvalue weighted by Gasteiger charge is 2.14. The van der Waals surface area contributed by atoms with Crippen molar-refractivity contribution in [2.45, 2.75) is 11.5 Å². The zero-order valence-electron chi connectivity index (χ0n) is 3.34. The molecule has 1 atom stereocenters. The Bertz CT molecular complexity index is 40.5. The lowest BCUT2D eigenvalue weighted by molar-refractivity contribution is 0.361. The summed E-state index contributed by atoms with van der Waals surface area (Å²) >= 11 is 7.73. The van der Waals surface area contributed by atoms with Gasteiger partial charge in [0.2, 0.25) is 0 Å². The van der Waals surface area contributed by atoms with Crippen LogP contribution in [0.1, 0.15) is 6.92 Å². The molecule has 0 N–H and O–H groups in total. The Balaban J connectivity index is 3.17. The second kappa shape index (κ2) is 2.12. The van der Waals surface area contributed by atoms with Gasteiger partial charge in [-0.2, -0.15) is 0 Å². The molecule has 0 heterocycles. The van der Waals surface area contributed by atoms with E-state index in [1.54, 1.807) is 0 Å². The highest BCUT2D eigenvalue weighted by atomic mass is 79.9. The normalized spacial score (nSPS) is 20.0. The van der Waals surface area contributed by atoms with Crippen molar-refractivity contribution in [1.29, 1.82) is 0 Å². The maximum Gasteiger partial charge on any atom is 0.175 e. The number of rotatable bonds is 1. The molecule has 0 aromatic rings. The zero-order valence-corrected chi connectivity index (χ0v) is 5.68. The van der Waals surface area contributed by atoms with Gasteiger partial charge in [0.05, 0.1) is 5.88 Å². The molecule has 0 saturated heterocycles. The fourth-order valence-corrected chi connectivity index (χ4v) is 0. The van der Waals surface area contributed by atoms with Gasteiger partial charge in [-0.05, 0) is 22.9 Å². The van der Waals surface area contributed by atoms with Crippen molar-refractivity contribution < 1.29 is 4.39 Å². The lowest BCUT2D eigenvalue weighted by atomic mass is 10.5. The molecule has 0 nitrogen and oxygen atoms in total. The predicted octanol–water partition coefficient (Wildman–Crippen LogP) is 2.31. The fourth-order valence-electron chi connectivity index (χ4n) is 0. The Kier molecular flexibility index (Phi) is 2.37. The molecule has 0 aliphatic carbocycles. The van der Waals surface area contributed by atoms with E-state index in [1.807, 2.05) is 0 Å². The summed E-state index contributed by atoms with van der Waals surface area (Å²) in [6.07, 6.45) is 0. The summed E-state index contributed by atoms with van der Waals surface area (Å²) in [5.41, 5.74) is 0. The predicted molar refractivity (Wildman–Crippen MR) is 29.2 cm³/mol. The van der Waals surface area contributed by atoms with E-state index in [1.165, 1.54) is 6.92 Å². The molecular formula is C3H5BrClF. The van der Waals surface area contributed by atoms with Gasteiger partial charge in [0.15, 0.2) is 4.58 Å². The molecule has 0 spiro atoms. The molecule has 0 fully saturated rings. The van der Waals surface area contributed by atoms with Crippen molar-refractivity contribution in [3.05, 3.63) is 0 Å². The van der Waals surface area contributed by atoms with Crippen LogP contribution in [0, 0.1) is 0 Å². The van der Waals surface area contributed by atoms with Crippen LogP contribution in [-0.4, -0.2) is 10.5 Å². The van der Waals surface area contributed by atoms with Crippen molar-refractivity contribution in [3.8, 4) is 0 Å². The first-order valence-electron chi connectivity index (χ1n) is 1.50. The van der Waals surface area contributed by atoms with Gasteiger partial charge >= 0.3 is 0 Å². The number of halogens is 3. The molecule has 0 aromatic heterocycles. The Labute approximate surface area is 49.8 Å². The monoisotopic (exact) mass is 174 g/mol. The second-order valence-electron chi connectivity index (χ2n) is 1.20. The van der Waals surface area contributed by atoms with E-state index >= 15 is 0 Å². The number of hydrogen-bond donors (Lipinski definition) is 0. The molecule has 0 aromatic carbocycles. The van der Waals surface area contributed by atoms with E-state index in [-0.39, 0.29) is 5.88 Å². The van der Waals surface area contributed by atoms with Crippen LogP contribution in [0.4, 0.5) is 4.39 Å². The summed E-state index contributed by atoms with van der Waals surface area (Å²) in [7, 11) is 0. The van der Waals surface area contributed by atoms with Crippen molar-refractivity contribution in [3.63, 3.8) is 0 Å². The summed E-state index contributed by atoms with van der Waals surface area (Å²) in [5, 5.41) is 0. The van der Waals surface area contributed by atoms with Gasteiger partial charge in [0.25, 0.3) is 0 Å². The topological polar surface area (TPSA) is 0 Å². The SMILES string of the molecule is CC(F)(Br)CCl. The minimum absolute atomic E-state index is 0.00694. The average Bonchev–Trinajstić information content (AvgIpc) is 1.35. The van der Waals surface area contributed by atoms with Crippen molar-refractivity contribution >= 4 is 27.5 Å². The van der Waals surface area contributed by atoms with Gasteiger partial charge in [-0.1, -0.05) is 0 Å². The Hall–Kier alpha value is 0.700. The summed E-state index contributed by atoms with van der Waals surface area (Å²) in [5.74, 6) is -0.00694. The molecule has 0 amide bonds. The standard InChI is InChI=1S/C3H5BrClF/c1-3(4,6)2-5/h2H2,1H3. The quantitative estimate of drug-likeness (QED) is 0.537. The fraction of sp³-hybridized carbons (Fsp3) is 1.00. The third-order valence-corrected chi connectivity index (χ3v) is 1.34. The molecule has 3 heteroatoms. The van der Waals surface area contributed by atoms with E-state index in [0.717, 1.165) is 0 Å². The Morgan fingerprint density at radius 3 is 2.17 bits per heavy atom. The molecule has 6 heavy (non-hydrogen) atoms. The van der Waals surface area contributed by atoms with Crippen molar-refractivity contribution in [1.82, 2.24) is 0 Å². The third-order valence-electron chi connectivity index (χ3n) is 0.235. The number of alkyl halides is 3. The van der Waals surface area contributed by atoms with Crippen LogP contribution in [0.5, 0.6) is 0 Å². The van der Waals surface area contributed by atoms with Crippen LogP contribution < -0.4 is 0 Å². The van der Waals surface area contributed by atoms with Crippen LogP contribution in [0.3, 0.4) is 0 Å². The maximum atomic E-state index is 11.9. The van der Waals surface area contributed by atoms with Gasteiger partial charge in [-0.25, -0.2) is 4.39 Å². The lowest BCUT2D eigenvalue weighted by Gasteiger charge is -2.02. The molecule has 0 aliphatic rings. The molecule has 0 saturated carbocycles. The van der Waals surface area contributed by atoms with Gasteiger partial charge in [0, 0.05) is 0 Å². The summed E-state index contributed by atoms with van der Waals surface area (Å²) in [6.45, 7) is 1.36. The van der Waals surface area contributed by atoms with E-state index < -0.39 is 4.58 Å². The highest BCUT2D eigenvalue weighted by Crippen LogP contribution is 2.19. The zero-order chi connectivity index (χ0) is 5.21. The van der Waals surface area contributed by atoms with Crippen molar-refractivity contribution in [2.24, 2.45) is 0 Å². The van der Waals surface area contributed by atoms with Gasteiger partial charge in [-0.3, -0.25) is 0 Å². The molecule has 0 rings (SSSR count). The second-order valence-corrected chi connectivity index (χ2v) is 3.12. The minimum Gasteiger partial charge on any atom is -0.230 e. The summed E-state index contributed by atoms with van der Waals surface area (Å²) in [4.78, 5) is 0. The molecule has 0 aliphatic heterocycles. The Morgan fingerprint density at radius 2 is 2.17 bits per heavy atom. The van der Waals surface area contributed by atoms with E-state index in [0.29, 0.717) is 0 Å². The third kappa shape index (κ3) is 4.70. The molecular weight excluding hydrogens is 170 g/mol. The first-order chi connectivity index (χ1) is 2.56. The van der Waals surface area contributed by atoms with E-state index in [2.05, 4.69) is 15.9 Å². The van der Waals surface area contributed by atoms with E-state index in [9.17, 15) is 4.39 Å². The molecule has 0 bridgehead atoms. The lowest BCUT2D eigenvalue weighted by Crippen LogP contribution is -2.07. The van der Waals surface area contributed by atoms with Crippen LogP contribution >= 0.6 is 27.5 Å². The first-order valence-corrected chi connectivity index (χ1v) is 2.83. The van der Waals surface area contributed by atoms with E-state index in [4.69, 9.17) is 11.6 Å². The smallest absolute Gasteiger partial charge is 0.175 e. The highest BCUT2D eigenvalue weighted by molar-refractivity contribution is 9.10. The molecule has 38 valence electrons. The van der Waals surface area contributed by atoms with Crippen LogP contribution in [0.25, 0.3) is 0 Å². The number of hydrogen-bond acceptors (Lipinski definition) is 0.